The number of carbonyl (C=O) groups is 1. The molecule has 104 valence electrons. The lowest BCUT2D eigenvalue weighted by molar-refractivity contribution is 0.0724. The Morgan fingerprint density at radius 2 is 1.70 bits per heavy atom. The molecule has 0 aliphatic rings. The first-order valence-corrected chi connectivity index (χ1v) is 6.50. The molecule has 1 aromatic carbocycles. The number of aromatic nitrogens is 3. The van der Waals surface area contributed by atoms with Gasteiger partial charge in [0.2, 0.25) is 0 Å². The van der Waals surface area contributed by atoms with E-state index in [1.165, 1.54) is 0 Å². The number of halogens is 2. The monoisotopic (exact) mass is 311 g/mol. The highest BCUT2D eigenvalue weighted by Crippen LogP contribution is 2.28. The van der Waals surface area contributed by atoms with Crippen molar-refractivity contribution < 1.29 is 9.53 Å². The summed E-state index contributed by atoms with van der Waals surface area (Å²) in [5.74, 6) is -0.713. The molecule has 0 bridgehead atoms. The van der Waals surface area contributed by atoms with Crippen LogP contribution in [0, 0.1) is 20.8 Å². The van der Waals surface area contributed by atoms with Crippen LogP contribution in [0.4, 0.5) is 0 Å². The van der Waals surface area contributed by atoms with Crippen molar-refractivity contribution in [2.75, 3.05) is 0 Å². The van der Waals surface area contributed by atoms with Crippen LogP contribution >= 0.6 is 23.2 Å². The molecule has 2 aromatic rings. The molecule has 0 spiro atoms. The van der Waals surface area contributed by atoms with Crippen LogP contribution in [0.15, 0.2) is 12.1 Å². The predicted molar refractivity (Wildman–Crippen MR) is 75.5 cm³/mol. The molecule has 1 aromatic heterocycles. The molecule has 0 aliphatic carbocycles. The highest BCUT2D eigenvalue weighted by molar-refractivity contribution is 6.42. The van der Waals surface area contributed by atoms with Gasteiger partial charge in [-0.25, -0.2) is 4.79 Å². The van der Waals surface area contributed by atoms with Crippen LogP contribution in [0.2, 0.25) is 10.2 Å². The average molecular weight is 312 g/mol. The smallest absolute Gasteiger partial charge is 0.345 e. The Hall–Kier alpha value is -1.72. The summed E-state index contributed by atoms with van der Waals surface area (Å²) in [6.45, 7) is 5.63. The summed E-state index contributed by atoms with van der Waals surface area (Å²) in [6.07, 6.45) is 0. The minimum Gasteiger partial charge on any atom is -0.400 e. The third kappa shape index (κ3) is 2.89. The Balaban J connectivity index is 2.36. The van der Waals surface area contributed by atoms with Gasteiger partial charge in [0.05, 0.1) is 5.56 Å². The van der Waals surface area contributed by atoms with Gasteiger partial charge in [-0.15, -0.1) is 5.10 Å². The average Bonchev–Trinajstić information content (AvgIpc) is 2.33. The lowest BCUT2D eigenvalue weighted by Gasteiger charge is -2.10. The number of hydrogen-bond acceptors (Lipinski definition) is 5. The molecular weight excluding hydrogens is 301 g/mol. The standard InChI is InChI=1S/C13H11Cl2N3O2/c1-6-4-7(2)9(8(3)5-6)13(19)20-12-10(14)11(15)16-18-17-12/h4-5H,1-3H3. The largest absolute Gasteiger partial charge is 0.400 e. The number of nitrogens with zero attached hydrogens (tertiary/aromatic N) is 3. The molecule has 0 saturated carbocycles. The van der Waals surface area contributed by atoms with E-state index in [2.05, 4.69) is 15.4 Å². The molecule has 0 fully saturated rings. The zero-order chi connectivity index (χ0) is 14.9. The van der Waals surface area contributed by atoms with E-state index in [0.717, 1.165) is 16.7 Å². The third-order valence-electron chi connectivity index (χ3n) is 2.71. The minimum atomic E-state index is -0.557. The molecule has 2 rings (SSSR count). The van der Waals surface area contributed by atoms with Gasteiger partial charge in [-0.05, 0) is 37.1 Å². The van der Waals surface area contributed by atoms with Crippen LogP contribution in [0.5, 0.6) is 5.88 Å². The minimum absolute atomic E-state index is 0.0440. The second kappa shape index (κ2) is 5.73. The van der Waals surface area contributed by atoms with Gasteiger partial charge < -0.3 is 4.74 Å². The number of esters is 1. The normalized spacial score (nSPS) is 10.4. The van der Waals surface area contributed by atoms with Crippen LogP contribution in [0.1, 0.15) is 27.0 Å². The zero-order valence-electron chi connectivity index (χ0n) is 11.1. The van der Waals surface area contributed by atoms with Crippen molar-refractivity contribution >= 4 is 29.2 Å². The number of carbonyl (C=O) groups excluding carboxylic acids is 1. The van der Waals surface area contributed by atoms with Gasteiger partial charge in [0, 0.05) is 0 Å². The first kappa shape index (κ1) is 14.7. The third-order valence-corrected chi connectivity index (χ3v) is 3.41. The van der Waals surface area contributed by atoms with E-state index in [4.69, 9.17) is 27.9 Å². The SMILES string of the molecule is Cc1cc(C)c(C(=O)Oc2nnnc(Cl)c2Cl)c(C)c1. The van der Waals surface area contributed by atoms with E-state index in [1.54, 1.807) is 0 Å². The second-order valence-corrected chi connectivity index (χ2v) is 5.10. The van der Waals surface area contributed by atoms with Gasteiger partial charge in [-0.2, -0.15) is 0 Å². The Bertz CT molecular complexity index is 666. The van der Waals surface area contributed by atoms with Gasteiger partial charge >= 0.3 is 5.97 Å². The maximum absolute atomic E-state index is 12.2. The van der Waals surface area contributed by atoms with E-state index < -0.39 is 5.97 Å². The molecule has 5 nitrogen and oxygen atoms in total. The van der Waals surface area contributed by atoms with Gasteiger partial charge in [0.25, 0.3) is 5.88 Å². The molecule has 0 atom stereocenters. The number of benzene rings is 1. The Kier molecular flexibility index (Phi) is 4.20. The van der Waals surface area contributed by atoms with Crippen LogP contribution in [0.3, 0.4) is 0 Å². The van der Waals surface area contributed by atoms with E-state index in [9.17, 15) is 4.79 Å². The Morgan fingerprint density at radius 3 is 2.30 bits per heavy atom. The van der Waals surface area contributed by atoms with Crippen molar-refractivity contribution in [2.45, 2.75) is 20.8 Å². The van der Waals surface area contributed by atoms with Crippen molar-refractivity contribution in [2.24, 2.45) is 0 Å². The molecule has 0 unspecified atom stereocenters. The Morgan fingerprint density at radius 1 is 1.10 bits per heavy atom. The summed E-state index contributed by atoms with van der Waals surface area (Å²) in [6, 6.07) is 3.80. The fourth-order valence-corrected chi connectivity index (χ4v) is 2.21. The van der Waals surface area contributed by atoms with E-state index in [0.29, 0.717) is 5.56 Å². The highest BCUT2D eigenvalue weighted by atomic mass is 35.5. The zero-order valence-corrected chi connectivity index (χ0v) is 12.6. The predicted octanol–water partition coefficient (Wildman–Crippen LogP) is 3.32. The quantitative estimate of drug-likeness (QED) is 0.796. The summed E-state index contributed by atoms with van der Waals surface area (Å²) in [5, 5.41) is 10.3. The van der Waals surface area contributed by atoms with Gasteiger partial charge in [-0.1, -0.05) is 46.0 Å². The van der Waals surface area contributed by atoms with Gasteiger partial charge in [-0.3, -0.25) is 0 Å². The summed E-state index contributed by atoms with van der Waals surface area (Å²) in [7, 11) is 0. The molecule has 0 radical (unpaired) electrons. The molecule has 0 amide bonds. The van der Waals surface area contributed by atoms with Crippen molar-refractivity contribution in [3.8, 4) is 5.88 Å². The molecule has 7 heteroatoms. The first-order valence-electron chi connectivity index (χ1n) is 5.74. The number of ether oxygens (including phenoxy) is 1. The van der Waals surface area contributed by atoms with E-state index in [-0.39, 0.29) is 16.1 Å². The molecular formula is C13H11Cl2N3O2. The van der Waals surface area contributed by atoms with Crippen molar-refractivity contribution in [3.63, 3.8) is 0 Å². The van der Waals surface area contributed by atoms with Crippen LogP contribution in [-0.2, 0) is 0 Å². The molecule has 1 heterocycles. The molecule has 0 aliphatic heterocycles. The maximum atomic E-state index is 12.2. The fourth-order valence-electron chi connectivity index (χ4n) is 1.98. The fraction of sp³-hybridized carbons (Fsp3) is 0.231. The van der Waals surface area contributed by atoms with Crippen molar-refractivity contribution in [1.82, 2.24) is 15.4 Å². The summed E-state index contributed by atoms with van der Waals surface area (Å²) in [5.41, 5.74) is 3.18. The summed E-state index contributed by atoms with van der Waals surface area (Å²) in [4.78, 5) is 12.2. The maximum Gasteiger partial charge on any atom is 0.345 e. The van der Waals surface area contributed by atoms with E-state index in [1.807, 2.05) is 32.9 Å². The number of hydrogen-bond donors (Lipinski definition) is 0. The van der Waals surface area contributed by atoms with Crippen LogP contribution < -0.4 is 4.74 Å². The van der Waals surface area contributed by atoms with E-state index >= 15 is 0 Å². The number of aryl methyl sites for hydroxylation is 3. The van der Waals surface area contributed by atoms with Gasteiger partial charge in [0.1, 0.15) is 5.02 Å². The topological polar surface area (TPSA) is 65.0 Å². The molecule has 0 saturated heterocycles. The highest BCUT2D eigenvalue weighted by Gasteiger charge is 2.19. The summed E-state index contributed by atoms with van der Waals surface area (Å²) >= 11 is 11.5. The lowest BCUT2D eigenvalue weighted by atomic mass is 10.00. The van der Waals surface area contributed by atoms with Crippen molar-refractivity contribution in [1.29, 1.82) is 0 Å². The molecule has 0 N–H and O–H groups in total. The molecule has 20 heavy (non-hydrogen) atoms. The Labute approximate surface area is 125 Å². The summed E-state index contributed by atoms with van der Waals surface area (Å²) < 4.78 is 5.14. The first-order chi connectivity index (χ1) is 9.40. The van der Waals surface area contributed by atoms with Gasteiger partial charge in [0.15, 0.2) is 5.15 Å². The van der Waals surface area contributed by atoms with Crippen molar-refractivity contribution in [3.05, 3.63) is 44.6 Å². The van der Waals surface area contributed by atoms with Crippen LogP contribution in [0.25, 0.3) is 0 Å². The van der Waals surface area contributed by atoms with Crippen LogP contribution in [-0.4, -0.2) is 21.4 Å². The number of rotatable bonds is 2. The lowest BCUT2D eigenvalue weighted by Crippen LogP contribution is -2.14. The second-order valence-electron chi connectivity index (χ2n) is 4.36.